The maximum Gasteiger partial charge on any atom is 0.217 e. The summed E-state index contributed by atoms with van der Waals surface area (Å²) in [6, 6.07) is 8.09. The Hall–Kier alpha value is -3.48. The van der Waals surface area contributed by atoms with Crippen LogP contribution >= 0.6 is 0 Å². The van der Waals surface area contributed by atoms with Gasteiger partial charge in [0.25, 0.3) is 0 Å². The van der Waals surface area contributed by atoms with Gasteiger partial charge in [-0.25, -0.2) is 4.98 Å². The number of imidazole rings is 1. The summed E-state index contributed by atoms with van der Waals surface area (Å²) < 4.78 is 3.82. The Kier molecular flexibility index (Phi) is 4.18. The van der Waals surface area contributed by atoms with Gasteiger partial charge in [-0.1, -0.05) is 18.2 Å². The average Bonchev–Trinajstić information content (AvgIpc) is 3.30. The molecule has 7 heteroatoms. The van der Waals surface area contributed by atoms with Crippen LogP contribution in [0.25, 0.3) is 27.8 Å². The highest BCUT2D eigenvalue weighted by Crippen LogP contribution is 2.28. The molecule has 0 saturated heterocycles. The SMILES string of the molecule is NC(=O)CCCn1cc(-n2ccnc2-c2cccc3cnccc23)cn1. The molecule has 4 rings (SSSR count). The van der Waals surface area contributed by atoms with Crippen LogP contribution in [-0.4, -0.2) is 30.2 Å². The summed E-state index contributed by atoms with van der Waals surface area (Å²) in [4.78, 5) is 19.6. The van der Waals surface area contributed by atoms with Crippen molar-refractivity contribution in [1.29, 1.82) is 0 Å². The van der Waals surface area contributed by atoms with Gasteiger partial charge in [0.15, 0.2) is 0 Å². The van der Waals surface area contributed by atoms with Crippen molar-refractivity contribution in [3.8, 4) is 17.1 Å². The maximum atomic E-state index is 10.9. The van der Waals surface area contributed by atoms with Crippen LogP contribution in [0, 0.1) is 0 Å². The van der Waals surface area contributed by atoms with Crippen LogP contribution in [0.1, 0.15) is 12.8 Å². The van der Waals surface area contributed by atoms with Crippen molar-refractivity contribution < 1.29 is 4.79 Å². The van der Waals surface area contributed by atoms with Crippen LogP contribution in [0.4, 0.5) is 0 Å². The second kappa shape index (κ2) is 6.79. The number of primary amides is 1. The number of aromatic nitrogens is 5. The molecule has 0 radical (unpaired) electrons. The third kappa shape index (κ3) is 3.06. The first kappa shape index (κ1) is 16.0. The zero-order chi connectivity index (χ0) is 17.9. The summed E-state index contributed by atoms with van der Waals surface area (Å²) in [5, 5.41) is 6.54. The molecule has 7 nitrogen and oxygen atoms in total. The molecule has 0 atom stereocenters. The summed E-state index contributed by atoms with van der Waals surface area (Å²) in [6.07, 6.45) is 12.1. The van der Waals surface area contributed by atoms with E-state index in [0.29, 0.717) is 19.4 Å². The molecule has 1 amide bonds. The number of nitrogens with two attached hydrogens (primary N) is 1. The van der Waals surface area contributed by atoms with Crippen LogP contribution in [0.3, 0.4) is 0 Å². The van der Waals surface area contributed by atoms with E-state index in [-0.39, 0.29) is 5.91 Å². The third-order valence-corrected chi connectivity index (χ3v) is 4.27. The largest absolute Gasteiger partial charge is 0.370 e. The second-order valence-corrected chi connectivity index (χ2v) is 6.05. The quantitative estimate of drug-likeness (QED) is 0.581. The van der Waals surface area contributed by atoms with E-state index in [9.17, 15) is 4.79 Å². The van der Waals surface area contributed by atoms with Crippen molar-refractivity contribution in [3.05, 3.63) is 61.4 Å². The normalized spacial score (nSPS) is 11.1. The molecule has 0 aliphatic heterocycles. The Morgan fingerprint density at radius 2 is 2.08 bits per heavy atom. The lowest BCUT2D eigenvalue weighted by Gasteiger charge is -2.08. The first-order valence-corrected chi connectivity index (χ1v) is 8.40. The molecule has 0 bridgehead atoms. The first-order valence-electron chi connectivity index (χ1n) is 8.40. The van der Waals surface area contributed by atoms with E-state index in [4.69, 9.17) is 5.73 Å². The van der Waals surface area contributed by atoms with E-state index < -0.39 is 0 Å². The monoisotopic (exact) mass is 346 g/mol. The minimum absolute atomic E-state index is 0.292. The smallest absolute Gasteiger partial charge is 0.217 e. The number of fused-ring (bicyclic) bond motifs is 1. The molecule has 0 fully saturated rings. The number of aryl methyl sites for hydroxylation is 1. The van der Waals surface area contributed by atoms with Crippen molar-refractivity contribution in [1.82, 2.24) is 24.3 Å². The molecule has 130 valence electrons. The number of amides is 1. The van der Waals surface area contributed by atoms with Gasteiger partial charge in [-0.05, 0) is 17.9 Å². The fourth-order valence-electron chi connectivity index (χ4n) is 3.04. The van der Waals surface area contributed by atoms with Crippen molar-refractivity contribution in [2.75, 3.05) is 0 Å². The van der Waals surface area contributed by atoms with Crippen LogP contribution < -0.4 is 5.73 Å². The van der Waals surface area contributed by atoms with Gasteiger partial charge in [0.05, 0.1) is 11.9 Å². The van der Waals surface area contributed by atoms with Gasteiger partial charge in [0.2, 0.25) is 5.91 Å². The van der Waals surface area contributed by atoms with Gasteiger partial charge in [-0.2, -0.15) is 5.10 Å². The molecule has 0 aliphatic rings. The molecule has 4 aromatic rings. The zero-order valence-corrected chi connectivity index (χ0v) is 14.1. The van der Waals surface area contributed by atoms with E-state index >= 15 is 0 Å². The number of hydrogen-bond donors (Lipinski definition) is 1. The number of rotatable bonds is 6. The van der Waals surface area contributed by atoms with E-state index in [2.05, 4.69) is 21.1 Å². The van der Waals surface area contributed by atoms with Gasteiger partial charge in [-0.3, -0.25) is 19.0 Å². The van der Waals surface area contributed by atoms with Crippen LogP contribution in [-0.2, 0) is 11.3 Å². The summed E-state index contributed by atoms with van der Waals surface area (Å²) in [7, 11) is 0. The van der Waals surface area contributed by atoms with Crippen LogP contribution in [0.2, 0.25) is 0 Å². The van der Waals surface area contributed by atoms with Crippen molar-refractivity contribution in [2.45, 2.75) is 19.4 Å². The maximum absolute atomic E-state index is 10.9. The topological polar surface area (TPSA) is 91.6 Å². The number of pyridine rings is 1. The highest BCUT2D eigenvalue weighted by molar-refractivity contribution is 5.94. The molecule has 3 aromatic heterocycles. The van der Waals surface area contributed by atoms with Crippen LogP contribution in [0.5, 0.6) is 0 Å². The number of carbonyl (C=O) groups is 1. The van der Waals surface area contributed by atoms with E-state index in [1.165, 1.54) is 0 Å². The van der Waals surface area contributed by atoms with E-state index in [1.807, 2.05) is 46.0 Å². The molecule has 26 heavy (non-hydrogen) atoms. The lowest BCUT2D eigenvalue weighted by molar-refractivity contribution is -0.118. The zero-order valence-electron chi connectivity index (χ0n) is 14.1. The molecule has 0 aliphatic carbocycles. The van der Waals surface area contributed by atoms with Crippen LogP contribution in [0.15, 0.2) is 61.4 Å². The second-order valence-electron chi connectivity index (χ2n) is 6.05. The Balaban J connectivity index is 1.67. The highest BCUT2D eigenvalue weighted by atomic mass is 16.1. The Morgan fingerprint density at radius 1 is 1.15 bits per heavy atom. The minimum Gasteiger partial charge on any atom is -0.370 e. The molecule has 0 saturated carbocycles. The highest BCUT2D eigenvalue weighted by Gasteiger charge is 2.12. The summed E-state index contributed by atoms with van der Waals surface area (Å²) in [5.74, 6) is 0.554. The summed E-state index contributed by atoms with van der Waals surface area (Å²) in [5.41, 5.74) is 7.14. The van der Waals surface area contributed by atoms with Crippen molar-refractivity contribution >= 4 is 16.7 Å². The van der Waals surface area contributed by atoms with Gasteiger partial charge < -0.3 is 5.73 Å². The van der Waals surface area contributed by atoms with E-state index in [0.717, 1.165) is 27.8 Å². The molecule has 3 heterocycles. The molecule has 2 N–H and O–H groups in total. The molecular formula is C19H18N6O. The minimum atomic E-state index is -0.292. The number of nitrogens with zero attached hydrogens (tertiary/aromatic N) is 5. The first-order chi connectivity index (χ1) is 12.7. The Morgan fingerprint density at radius 3 is 2.96 bits per heavy atom. The number of hydrogen-bond acceptors (Lipinski definition) is 4. The average molecular weight is 346 g/mol. The van der Waals surface area contributed by atoms with Gasteiger partial charge in [-0.15, -0.1) is 0 Å². The summed E-state index contributed by atoms with van der Waals surface area (Å²) >= 11 is 0. The van der Waals surface area contributed by atoms with Gasteiger partial charge in [0, 0.05) is 54.9 Å². The Labute approximate surface area is 150 Å². The fraction of sp³-hybridized carbons (Fsp3) is 0.158. The number of benzene rings is 1. The van der Waals surface area contributed by atoms with E-state index in [1.54, 1.807) is 18.6 Å². The Bertz CT molecular complexity index is 1060. The molecule has 1 aromatic carbocycles. The van der Waals surface area contributed by atoms with Crippen molar-refractivity contribution in [3.63, 3.8) is 0 Å². The van der Waals surface area contributed by atoms with Crippen molar-refractivity contribution in [2.24, 2.45) is 5.73 Å². The molecular weight excluding hydrogens is 328 g/mol. The van der Waals surface area contributed by atoms with Gasteiger partial charge in [0.1, 0.15) is 5.82 Å². The number of carbonyl (C=O) groups excluding carboxylic acids is 1. The fourth-order valence-corrected chi connectivity index (χ4v) is 3.04. The lowest BCUT2D eigenvalue weighted by atomic mass is 10.1. The summed E-state index contributed by atoms with van der Waals surface area (Å²) in [6.45, 7) is 0.646. The predicted octanol–water partition coefficient (Wildman–Crippen LogP) is 2.55. The third-order valence-electron chi connectivity index (χ3n) is 4.27. The molecule has 0 spiro atoms. The molecule has 0 unspecified atom stereocenters. The standard InChI is InChI=1S/C19H18N6O/c20-18(26)5-2-9-24-13-15(12-23-24)25-10-8-22-19(25)17-4-1-3-14-11-21-7-6-16(14)17/h1,3-4,6-8,10-13H,2,5,9H2,(H2,20,26). The predicted molar refractivity (Wildman–Crippen MR) is 98.5 cm³/mol. The lowest BCUT2D eigenvalue weighted by Crippen LogP contribution is -2.11. The van der Waals surface area contributed by atoms with Gasteiger partial charge >= 0.3 is 0 Å².